The highest BCUT2D eigenvalue weighted by atomic mass is 15.6. The van der Waals surface area contributed by atoms with E-state index in [9.17, 15) is 0 Å². The lowest BCUT2D eigenvalue weighted by Gasteiger charge is -2.25. The maximum absolute atomic E-state index is 5.61. The van der Waals surface area contributed by atoms with Crippen molar-refractivity contribution in [1.82, 2.24) is 25.6 Å². The average Bonchev–Trinajstić information content (AvgIpc) is 2.75. The molecule has 0 radical (unpaired) electrons. The zero-order chi connectivity index (χ0) is 12.1. The Morgan fingerprint density at radius 2 is 2.18 bits per heavy atom. The van der Waals surface area contributed by atoms with Crippen molar-refractivity contribution in [1.29, 1.82) is 0 Å². The molecular weight excluding hydrogens is 216 g/mol. The molecule has 0 amide bonds. The van der Waals surface area contributed by atoms with Crippen LogP contribution in [0.1, 0.15) is 44.3 Å². The first-order valence-corrected chi connectivity index (χ1v) is 6.47. The van der Waals surface area contributed by atoms with Crippen molar-refractivity contribution in [2.45, 2.75) is 51.0 Å². The maximum atomic E-state index is 5.61. The minimum Gasteiger partial charge on any atom is -0.271 e. The van der Waals surface area contributed by atoms with Crippen LogP contribution in [0.2, 0.25) is 0 Å². The summed E-state index contributed by atoms with van der Waals surface area (Å²) in [5.41, 5.74) is 2.89. The Balaban J connectivity index is 1.83. The predicted molar refractivity (Wildman–Crippen MR) is 64.8 cm³/mol. The molecule has 1 unspecified atom stereocenters. The molecule has 1 heterocycles. The van der Waals surface area contributed by atoms with Crippen molar-refractivity contribution < 1.29 is 0 Å². The van der Waals surface area contributed by atoms with E-state index < -0.39 is 0 Å². The lowest BCUT2D eigenvalue weighted by molar-refractivity contribution is 0.296. The van der Waals surface area contributed by atoms with Gasteiger partial charge in [0, 0.05) is 12.5 Å². The largest absolute Gasteiger partial charge is 0.271 e. The standard InChI is InChI=1S/C11H22N6/c1-17-15-11(14-16-17)8-10(13-12)7-9-5-3-2-4-6-9/h9-10,13H,2-8,12H2,1H3. The van der Waals surface area contributed by atoms with Crippen molar-refractivity contribution in [3.63, 3.8) is 0 Å². The Morgan fingerprint density at radius 3 is 2.76 bits per heavy atom. The van der Waals surface area contributed by atoms with Gasteiger partial charge in [0.25, 0.3) is 0 Å². The predicted octanol–water partition coefficient (Wildman–Crippen LogP) is 0.555. The third kappa shape index (κ3) is 3.74. The van der Waals surface area contributed by atoms with Crippen LogP contribution in [0.3, 0.4) is 0 Å². The first-order valence-electron chi connectivity index (χ1n) is 6.47. The average molecular weight is 238 g/mol. The molecule has 0 aliphatic heterocycles. The van der Waals surface area contributed by atoms with Crippen molar-refractivity contribution in [2.24, 2.45) is 18.8 Å². The van der Waals surface area contributed by atoms with Crippen LogP contribution in [0.15, 0.2) is 0 Å². The molecule has 6 nitrogen and oxygen atoms in total. The third-order valence-corrected chi connectivity index (χ3v) is 3.56. The number of aromatic nitrogens is 4. The van der Waals surface area contributed by atoms with E-state index in [0.29, 0.717) is 0 Å². The summed E-state index contributed by atoms with van der Waals surface area (Å²) in [4.78, 5) is 1.49. The molecule has 96 valence electrons. The third-order valence-electron chi connectivity index (χ3n) is 3.56. The maximum Gasteiger partial charge on any atom is 0.176 e. The summed E-state index contributed by atoms with van der Waals surface area (Å²) in [7, 11) is 1.78. The van der Waals surface area contributed by atoms with E-state index in [0.717, 1.165) is 24.6 Å². The first-order chi connectivity index (χ1) is 8.28. The van der Waals surface area contributed by atoms with Gasteiger partial charge < -0.3 is 0 Å². The number of hydrogen-bond donors (Lipinski definition) is 2. The number of nitrogens with zero attached hydrogens (tertiary/aromatic N) is 4. The molecule has 1 saturated carbocycles. The van der Waals surface area contributed by atoms with Crippen LogP contribution < -0.4 is 11.3 Å². The topological polar surface area (TPSA) is 81.7 Å². The van der Waals surface area contributed by atoms with Crippen molar-refractivity contribution >= 4 is 0 Å². The number of rotatable bonds is 5. The highest BCUT2D eigenvalue weighted by Gasteiger charge is 2.19. The molecule has 1 aromatic heterocycles. The quantitative estimate of drug-likeness (QED) is 0.578. The van der Waals surface area contributed by atoms with Crippen LogP contribution in [-0.2, 0) is 13.5 Å². The molecule has 0 aromatic carbocycles. The summed E-state index contributed by atoms with van der Waals surface area (Å²) in [6, 6.07) is 0.266. The normalized spacial score (nSPS) is 19.4. The Kier molecular flexibility index (Phi) is 4.44. The van der Waals surface area contributed by atoms with Crippen LogP contribution in [0, 0.1) is 5.92 Å². The molecule has 1 aromatic rings. The number of aryl methyl sites for hydroxylation is 1. The monoisotopic (exact) mass is 238 g/mol. The summed E-state index contributed by atoms with van der Waals surface area (Å²) in [6.45, 7) is 0. The molecule has 17 heavy (non-hydrogen) atoms. The number of hydrazine groups is 1. The minimum absolute atomic E-state index is 0.266. The van der Waals surface area contributed by atoms with Gasteiger partial charge in [-0.15, -0.1) is 10.2 Å². The van der Waals surface area contributed by atoms with Crippen LogP contribution in [0.4, 0.5) is 0 Å². The SMILES string of the molecule is Cn1nnc(CC(CC2CCCCC2)NN)n1. The van der Waals surface area contributed by atoms with Crippen LogP contribution >= 0.6 is 0 Å². The summed E-state index contributed by atoms with van der Waals surface area (Å²) >= 11 is 0. The van der Waals surface area contributed by atoms with Gasteiger partial charge >= 0.3 is 0 Å². The van der Waals surface area contributed by atoms with E-state index in [4.69, 9.17) is 5.84 Å². The fraction of sp³-hybridized carbons (Fsp3) is 0.909. The van der Waals surface area contributed by atoms with Crippen LogP contribution in [-0.4, -0.2) is 26.2 Å². The van der Waals surface area contributed by atoms with Crippen molar-refractivity contribution in [2.75, 3.05) is 0 Å². The first kappa shape index (κ1) is 12.4. The Labute approximate surface area is 102 Å². The smallest absolute Gasteiger partial charge is 0.176 e. The van der Waals surface area contributed by atoms with E-state index in [-0.39, 0.29) is 6.04 Å². The highest BCUT2D eigenvalue weighted by Crippen LogP contribution is 2.27. The molecule has 0 bridgehead atoms. The van der Waals surface area contributed by atoms with E-state index in [2.05, 4.69) is 20.8 Å². The molecule has 1 atom stereocenters. The Hall–Kier alpha value is -1.01. The van der Waals surface area contributed by atoms with Gasteiger partial charge in [0.15, 0.2) is 5.82 Å². The molecule has 1 aliphatic carbocycles. The summed E-state index contributed by atoms with van der Waals surface area (Å²) < 4.78 is 0. The van der Waals surface area contributed by atoms with E-state index in [1.807, 2.05) is 0 Å². The Morgan fingerprint density at radius 1 is 1.41 bits per heavy atom. The molecule has 0 saturated heterocycles. The fourth-order valence-electron chi connectivity index (χ4n) is 2.66. The van der Waals surface area contributed by atoms with Crippen LogP contribution in [0.25, 0.3) is 0 Å². The summed E-state index contributed by atoms with van der Waals surface area (Å²) in [5.74, 6) is 7.19. The number of hydrogen-bond acceptors (Lipinski definition) is 5. The van der Waals surface area contributed by atoms with Gasteiger partial charge in [-0.25, -0.2) is 0 Å². The van der Waals surface area contributed by atoms with Crippen molar-refractivity contribution in [3.8, 4) is 0 Å². The Bertz CT molecular complexity index is 330. The van der Waals surface area contributed by atoms with Crippen LogP contribution in [0.5, 0.6) is 0 Å². The van der Waals surface area contributed by atoms with Crippen molar-refractivity contribution in [3.05, 3.63) is 5.82 Å². The van der Waals surface area contributed by atoms with Gasteiger partial charge in [0.05, 0.1) is 7.05 Å². The number of tetrazole rings is 1. The molecular formula is C11H22N6. The van der Waals surface area contributed by atoms with Gasteiger partial charge in [0.1, 0.15) is 0 Å². The molecule has 2 rings (SSSR count). The molecule has 3 N–H and O–H groups in total. The fourth-order valence-corrected chi connectivity index (χ4v) is 2.66. The second kappa shape index (κ2) is 6.07. The second-order valence-corrected chi connectivity index (χ2v) is 5.00. The van der Waals surface area contributed by atoms with E-state index in [1.54, 1.807) is 7.05 Å². The molecule has 0 spiro atoms. The second-order valence-electron chi connectivity index (χ2n) is 5.00. The lowest BCUT2D eigenvalue weighted by atomic mass is 9.84. The lowest BCUT2D eigenvalue weighted by Crippen LogP contribution is -2.38. The van der Waals surface area contributed by atoms with Gasteiger partial charge in [-0.1, -0.05) is 32.1 Å². The summed E-state index contributed by atoms with van der Waals surface area (Å²) in [6.07, 6.45) is 8.69. The van der Waals surface area contributed by atoms with Gasteiger partial charge in [-0.05, 0) is 17.6 Å². The zero-order valence-electron chi connectivity index (χ0n) is 10.5. The van der Waals surface area contributed by atoms with E-state index >= 15 is 0 Å². The van der Waals surface area contributed by atoms with Gasteiger partial charge in [-0.3, -0.25) is 11.3 Å². The van der Waals surface area contributed by atoms with E-state index in [1.165, 1.54) is 36.9 Å². The minimum atomic E-state index is 0.266. The number of nitrogens with one attached hydrogen (secondary N) is 1. The zero-order valence-corrected chi connectivity index (χ0v) is 10.5. The molecule has 6 heteroatoms. The number of nitrogens with two attached hydrogens (primary N) is 1. The van der Waals surface area contributed by atoms with Gasteiger partial charge in [0.2, 0.25) is 0 Å². The molecule has 1 aliphatic rings. The molecule has 1 fully saturated rings. The summed E-state index contributed by atoms with van der Waals surface area (Å²) in [5, 5.41) is 12.0. The van der Waals surface area contributed by atoms with Gasteiger partial charge in [-0.2, -0.15) is 4.80 Å². The highest BCUT2D eigenvalue weighted by molar-refractivity contribution is 4.85.